The number of carbonyl (C=O) groups excluding carboxylic acids is 1. The van der Waals surface area contributed by atoms with Gasteiger partial charge in [-0.05, 0) is 61.9 Å². The van der Waals surface area contributed by atoms with Crippen LogP contribution in [0.3, 0.4) is 0 Å². The van der Waals surface area contributed by atoms with Gasteiger partial charge >= 0.3 is 5.97 Å². The van der Waals surface area contributed by atoms with E-state index in [1.54, 1.807) is 7.11 Å². The molecule has 2 heterocycles. The first-order valence-electron chi connectivity index (χ1n) is 11.3. The van der Waals surface area contributed by atoms with E-state index >= 15 is 0 Å². The van der Waals surface area contributed by atoms with Gasteiger partial charge in [-0.3, -0.25) is 0 Å². The highest BCUT2D eigenvalue weighted by molar-refractivity contribution is 6.05. The third-order valence-electron chi connectivity index (χ3n) is 5.83. The van der Waals surface area contributed by atoms with Crippen LogP contribution in [0.5, 0.6) is 28.7 Å². The quantitative estimate of drug-likeness (QED) is 0.448. The summed E-state index contributed by atoms with van der Waals surface area (Å²) in [4.78, 5) is 13.3. The number of rotatable bonds is 6. The molecule has 0 aliphatic carbocycles. The smallest absolute Gasteiger partial charge is 0.338 e. The van der Waals surface area contributed by atoms with Crippen LogP contribution in [0.25, 0.3) is 5.57 Å². The van der Waals surface area contributed by atoms with Gasteiger partial charge in [0, 0.05) is 16.7 Å². The Morgan fingerprint density at radius 1 is 0.914 bits per heavy atom. The second-order valence-electron chi connectivity index (χ2n) is 8.45. The summed E-state index contributed by atoms with van der Waals surface area (Å²) in [5, 5.41) is 0. The summed E-state index contributed by atoms with van der Waals surface area (Å²) < 4.78 is 34.1. The number of ether oxygens (including phenoxy) is 6. The number of carbonyl (C=O) groups is 1. The van der Waals surface area contributed by atoms with Crippen molar-refractivity contribution in [2.24, 2.45) is 0 Å². The first-order chi connectivity index (χ1) is 17.0. The monoisotopic (exact) mass is 474 g/mol. The molecule has 7 heteroatoms. The second-order valence-corrected chi connectivity index (χ2v) is 8.45. The van der Waals surface area contributed by atoms with Crippen molar-refractivity contribution in [3.05, 3.63) is 82.9 Å². The van der Waals surface area contributed by atoms with Crippen LogP contribution < -0.4 is 23.7 Å². The molecule has 1 atom stereocenters. The SMILES string of the molecule is COC(=O)C1=C(c2cccc(OC)c2)c2cc(OC(C)C)ccc2OC1c1ccc2c(c1)OCO2. The molecule has 5 rings (SSSR count). The fraction of sp³-hybridized carbons (Fsp3) is 0.250. The third kappa shape index (κ3) is 4.25. The predicted octanol–water partition coefficient (Wildman–Crippen LogP) is 5.32. The first-order valence-corrected chi connectivity index (χ1v) is 11.3. The molecule has 0 fully saturated rings. The minimum atomic E-state index is -0.734. The van der Waals surface area contributed by atoms with Gasteiger partial charge in [0.25, 0.3) is 0 Å². The fourth-order valence-electron chi connectivity index (χ4n) is 4.33. The lowest BCUT2D eigenvalue weighted by Crippen LogP contribution is -2.24. The Morgan fingerprint density at radius 3 is 2.49 bits per heavy atom. The molecule has 0 N–H and O–H groups in total. The molecule has 2 aliphatic rings. The normalized spacial score (nSPS) is 16.0. The standard InChI is InChI=1S/C28H26O7/c1-16(2)34-20-9-11-22-21(14-20)25(17-6-5-7-19(12-17)30-3)26(28(29)31-4)27(35-22)18-8-10-23-24(13-18)33-15-32-23/h5-14,16,27H,15H2,1-4H3. The van der Waals surface area contributed by atoms with E-state index in [4.69, 9.17) is 28.4 Å². The zero-order valence-electron chi connectivity index (χ0n) is 20.0. The van der Waals surface area contributed by atoms with E-state index < -0.39 is 12.1 Å². The molecule has 3 aromatic rings. The Bertz CT molecular complexity index is 1310. The molecule has 0 saturated carbocycles. The molecule has 0 saturated heterocycles. The Hall–Kier alpha value is -4.13. The van der Waals surface area contributed by atoms with Crippen molar-refractivity contribution in [3.8, 4) is 28.7 Å². The zero-order valence-corrected chi connectivity index (χ0v) is 20.0. The molecule has 0 aromatic heterocycles. The third-order valence-corrected chi connectivity index (χ3v) is 5.83. The number of hydrogen-bond acceptors (Lipinski definition) is 7. The molecular weight excluding hydrogens is 448 g/mol. The zero-order chi connectivity index (χ0) is 24.5. The largest absolute Gasteiger partial charge is 0.497 e. The predicted molar refractivity (Wildman–Crippen MR) is 129 cm³/mol. The molecule has 180 valence electrons. The van der Waals surface area contributed by atoms with Gasteiger partial charge in [-0.2, -0.15) is 0 Å². The van der Waals surface area contributed by atoms with Crippen LogP contribution in [0.4, 0.5) is 0 Å². The number of fused-ring (bicyclic) bond motifs is 2. The summed E-state index contributed by atoms with van der Waals surface area (Å²) in [7, 11) is 2.97. The highest BCUT2D eigenvalue weighted by Crippen LogP contribution is 2.48. The van der Waals surface area contributed by atoms with Crippen LogP contribution in [0, 0.1) is 0 Å². The van der Waals surface area contributed by atoms with E-state index in [-0.39, 0.29) is 12.9 Å². The lowest BCUT2D eigenvalue weighted by Gasteiger charge is -2.31. The summed E-state index contributed by atoms with van der Waals surface area (Å²) >= 11 is 0. The first kappa shape index (κ1) is 22.7. The Kier molecular flexibility index (Phi) is 5.99. The fourth-order valence-corrected chi connectivity index (χ4v) is 4.33. The van der Waals surface area contributed by atoms with Crippen molar-refractivity contribution < 1.29 is 33.2 Å². The van der Waals surface area contributed by atoms with Crippen molar-refractivity contribution in [1.82, 2.24) is 0 Å². The number of esters is 1. The minimum absolute atomic E-state index is 0.0109. The van der Waals surface area contributed by atoms with Crippen molar-refractivity contribution in [3.63, 3.8) is 0 Å². The van der Waals surface area contributed by atoms with Crippen LogP contribution >= 0.6 is 0 Å². The molecule has 0 bridgehead atoms. The van der Waals surface area contributed by atoms with Crippen LogP contribution in [0.15, 0.2) is 66.2 Å². The maximum absolute atomic E-state index is 13.3. The molecule has 0 amide bonds. The van der Waals surface area contributed by atoms with Gasteiger partial charge in [-0.15, -0.1) is 0 Å². The van der Waals surface area contributed by atoms with E-state index in [1.807, 2.05) is 74.5 Å². The van der Waals surface area contributed by atoms with Gasteiger partial charge in [-0.25, -0.2) is 4.79 Å². The van der Waals surface area contributed by atoms with E-state index in [0.717, 1.165) is 16.7 Å². The van der Waals surface area contributed by atoms with Gasteiger partial charge in [0.1, 0.15) is 17.2 Å². The summed E-state index contributed by atoms with van der Waals surface area (Å²) in [5.74, 6) is 2.72. The topological polar surface area (TPSA) is 72.5 Å². The molecule has 1 unspecified atom stereocenters. The van der Waals surface area contributed by atoms with Crippen LogP contribution in [0.2, 0.25) is 0 Å². The van der Waals surface area contributed by atoms with Crippen molar-refractivity contribution in [2.45, 2.75) is 26.1 Å². The molecular formula is C28H26O7. The minimum Gasteiger partial charge on any atom is -0.497 e. The van der Waals surface area contributed by atoms with Crippen LogP contribution in [-0.4, -0.2) is 33.1 Å². The second kappa shape index (κ2) is 9.25. The highest BCUT2D eigenvalue weighted by atomic mass is 16.7. The Labute approximate surface area is 203 Å². The van der Waals surface area contributed by atoms with Gasteiger partial charge in [0.2, 0.25) is 6.79 Å². The summed E-state index contributed by atoms with van der Waals surface area (Å²) in [6.07, 6.45) is -0.745. The molecule has 2 aliphatic heterocycles. The molecule has 35 heavy (non-hydrogen) atoms. The Balaban J connectivity index is 1.76. The molecule has 3 aromatic carbocycles. The Morgan fingerprint density at radius 2 is 1.71 bits per heavy atom. The van der Waals surface area contributed by atoms with E-state index in [9.17, 15) is 4.79 Å². The van der Waals surface area contributed by atoms with Gasteiger partial charge < -0.3 is 28.4 Å². The highest BCUT2D eigenvalue weighted by Gasteiger charge is 2.37. The summed E-state index contributed by atoms with van der Waals surface area (Å²) in [6.45, 7) is 4.08. The van der Waals surface area contributed by atoms with Crippen molar-refractivity contribution >= 4 is 11.5 Å². The van der Waals surface area contributed by atoms with E-state index in [0.29, 0.717) is 39.9 Å². The van der Waals surface area contributed by atoms with Crippen LogP contribution in [0.1, 0.15) is 36.6 Å². The molecule has 7 nitrogen and oxygen atoms in total. The maximum atomic E-state index is 13.3. The van der Waals surface area contributed by atoms with Crippen LogP contribution in [-0.2, 0) is 9.53 Å². The van der Waals surface area contributed by atoms with E-state index in [2.05, 4.69) is 0 Å². The van der Waals surface area contributed by atoms with E-state index in [1.165, 1.54) is 7.11 Å². The number of benzene rings is 3. The molecule has 0 radical (unpaired) electrons. The van der Waals surface area contributed by atoms with Gasteiger partial charge in [0.05, 0.1) is 25.9 Å². The van der Waals surface area contributed by atoms with Crippen molar-refractivity contribution in [2.75, 3.05) is 21.0 Å². The summed E-state index contributed by atoms with van der Waals surface area (Å²) in [5.41, 5.74) is 3.32. The average molecular weight is 475 g/mol. The lowest BCUT2D eigenvalue weighted by atomic mass is 9.85. The average Bonchev–Trinajstić information content (AvgIpc) is 3.35. The summed E-state index contributed by atoms with van der Waals surface area (Å²) in [6, 6.07) is 18.7. The van der Waals surface area contributed by atoms with Gasteiger partial charge in [-0.1, -0.05) is 18.2 Å². The lowest BCUT2D eigenvalue weighted by molar-refractivity contribution is -0.137. The van der Waals surface area contributed by atoms with Gasteiger partial charge in [0.15, 0.2) is 17.6 Å². The maximum Gasteiger partial charge on any atom is 0.338 e. The number of methoxy groups -OCH3 is 2. The van der Waals surface area contributed by atoms with Crippen molar-refractivity contribution in [1.29, 1.82) is 0 Å². The molecule has 0 spiro atoms. The number of hydrogen-bond donors (Lipinski definition) is 0.